The first-order chi connectivity index (χ1) is 7.58. The van der Waals surface area contributed by atoms with Crippen LogP contribution in [0.3, 0.4) is 0 Å². The van der Waals surface area contributed by atoms with Gasteiger partial charge < -0.3 is 14.2 Å². The van der Waals surface area contributed by atoms with Crippen molar-refractivity contribution in [3.05, 3.63) is 23.8 Å². The fourth-order valence-electron chi connectivity index (χ4n) is 1.28. The minimum absolute atomic E-state index is 0.206. The molecule has 1 aromatic heterocycles. The molecule has 0 atom stereocenters. The van der Waals surface area contributed by atoms with Crippen molar-refractivity contribution in [2.24, 2.45) is 0 Å². The number of benzene rings is 1. The summed E-state index contributed by atoms with van der Waals surface area (Å²) in [5.74, 6) is 0.206. The van der Waals surface area contributed by atoms with Crippen LogP contribution in [-0.2, 0) is 0 Å². The summed E-state index contributed by atoms with van der Waals surface area (Å²) in [7, 11) is 3.21. The van der Waals surface area contributed by atoms with Crippen LogP contribution in [-0.4, -0.2) is 30.2 Å². The highest BCUT2D eigenvalue weighted by molar-refractivity contribution is 5.85. The molecular weight excluding hydrogens is 208 g/mol. The van der Waals surface area contributed by atoms with Gasteiger partial charge in [0.15, 0.2) is 5.58 Å². The monoisotopic (exact) mass is 220 g/mol. The van der Waals surface area contributed by atoms with Crippen molar-refractivity contribution in [2.45, 2.75) is 6.92 Å². The van der Waals surface area contributed by atoms with Crippen molar-refractivity contribution in [3.63, 3.8) is 0 Å². The van der Waals surface area contributed by atoms with Crippen LogP contribution in [0.15, 0.2) is 22.7 Å². The number of fused-ring (bicyclic) bond motifs is 1. The quantitative estimate of drug-likeness (QED) is 0.739. The Bertz CT molecular complexity index is 531. The number of ether oxygens (including phenoxy) is 1. The highest BCUT2D eigenvalue weighted by atomic mass is 16.6. The Morgan fingerprint density at radius 1 is 1.44 bits per heavy atom. The number of amides is 1. The molecule has 5 heteroatoms. The number of hydrogen-bond acceptors (Lipinski definition) is 4. The minimum Gasteiger partial charge on any atom is -0.387 e. The molecule has 2 rings (SSSR count). The number of carbonyl (C=O) groups excluding carboxylic acids is 1. The smallest absolute Gasteiger partial charge is 0.387 e. The third-order valence-electron chi connectivity index (χ3n) is 2.14. The molecule has 16 heavy (non-hydrogen) atoms. The predicted molar refractivity (Wildman–Crippen MR) is 58.5 cm³/mol. The third kappa shape index (κ3) is 1.84. The molecule has 84 valence electrons. The Morgan fingerprint density at radius 2 is 2.19 bits per heavy atom. The van der Waals surface area contributed by atoms with Crippen molar-refractivity contribution in [2.75, 3.05) is 14.1 Å². The Balaban J connectivity index is 2.38. The largest absolute Gasteiger partial charge is 0.416 e. The molecule has 0 spiro atoms. The highest BCUT2D eigenvalue weighted by Gasteiger charge is 2.14. The molecule has 1 amide bonds. The molecule has 0 radical (unpaired) electrons. The van der Waals surface area contributed by atoms with Crippen molar-refractivity contribution >= 4 is 17.1 Å². The number of nitrogens with zero attached hydrogens (tertiary/aromatic N) is 2. The summed E-state index contributed by atoms with van der Waals surface area (Å²) in [6, 6.07) is 5.57. The van der Waals surface area contributed by atoms with Gasteiger partial charge in [0.25, 0.3) is 5.88 Å². The van der Waals surface area contributed by atoms with E-state index in [0.29, 0.717) is 11.0 Å². The van der Waals surface area contributed by atoms with E-state index >= 15 is 0 Å². The average Bonchev–Trinajstić information content (AvgIpc) is 2.61. The summed E-state index contributed by atoms with van der Waals surface area (Å²) >= 11 is 0. The molecule has 5 nitrogen and oxygen atoms in total. The maximum Gasteiger partial charge on any atom is 0.416 e. The lowest BCUT2D eigenvalue weighted by Crippen LogP contribution is -2.25. The van der Waals surface area contributed by atoms with E-state index in [-0.39, 0.29) is 5.88 Å². The fourth-order valence-corrected chi connectivity index (χ4v) is 1.28. The number of carbonyl (C=O) groups is 1. The van der Waals surface area contributed by atoms with Crippen molar-refractivity contribution in [1.82, 2.24) is 10.1 Å². The van der Waals surface area contributed by atoms with Crippen molar-refractivity contribution in [1.29, 1.82) is 0 Å². The predicted octanol–water partition coefficient (Wildman–Crippen LogP) is 2.20. The molecule has 0 saturated heterocycles. The molecule has 0 N–H and O–H groups in total. The van der Waals surface area contributed by atoms with Crippen molar-refractivity contribution in [3.8, 4) is 5.88 Å². The van der Waals surface area contributed by atoms with E-state index in [1.54, 1.807) is 20.2 Å². The summed E-state index contributed by atoms with van der Waals surface area (Å²) < 4.78 is 10.1. The first-order valence-corrected chi connectivity index (χ1v) is 4.83. The van der Waals surface area contributed by atoms with E-state index in [4.69, 9.17) is 9.26 Å². The van der Waals surface area contributed by atoms with Gasteiger partial charge in [-0.1, -0.05) is 11.6 Å². The lowest BCUT2D eigenvalue weighted by atomic mass is 10.2. The SMILES string of the molecule is Cc1ccc2onc(OC(=O)N(C)C)c2c1. The molecule has 0 fully saturated rings. The normalized spacial score (nSPS) is 10.4. The summed E-state index contributed by atoms with van der Waals surface area (Å²) in [6.07, 6.45) is -0.475. The first-order valence-electron chi connectivity index (χ1n) is 4.83. The second-order valence-corrected chi connectivity index (χ2v) is 3.75. The summed E-state index contributed by atoms with van der Waals surface area (Å²) in [4.78, 5) is 12.7. The third-order valence-corrected chi connectivity index (χ3v) is 2.14. The van der Waals surface area contributed by atoms with Crippen LogP contribution in [0.1, 0.15) is 5.56 Å². The minimum atomic E-state index is -0.475. The summed E-state index contributed by atoms with van der Waals surface area (Å²) in [6.45, 7) is 1.95. The van der Waals surface area contributed by atoms with E-state index < -0.39 is 6.09 Å². The molecule has 0 bridgehead atoms. The van der Waals surface area contributed by atoms with Crippen LogP contribution >= 0.6 is 0 Å². The lowest BCUT2D eigenvalue weighted by molar-refractivity contribution is 0.168. The van der Waals surface area contributed by atoms with Gasteiger partial charge >= 0.3 is 6.09 Å². The maximum absolute atomic E-state index is 11.4. The highest BCUT2D eigenvalue weighted by Crippen LogP contribution is 2.25. The molecule has 0 saturated carbocycles. The fraction of sp³-hybridized carbons (Fsp3) is 0.273. The summed E-state index contributed by atoms with van der Waals surface area (Å²) in [5, 5.41) is 4.42. The van der Waals surface area contributed by atoms with E-state index in [1.165, 1.54) is 4.90 Å². The number of rotatable bonds is 1. The molecule has 0 aliphatic carbocycles. The van der Waals surface area contributed by atoms with Gasteiger partial charge in [-0.15, -0.1) is 0 Å². The van der Waals surface area contributed by atoms with Crippen LogP contribution in [0.5, 0.6) is 5.88 Å². The zero-order valence-corrected chi connectivity index (χ0v) is 9.35. The van der Waals surface area contributed by atoms with Crippen LogP contribution in [0.25, 0.3) is 11.0 Å². The number of aromatic nitrogens is 1. The Labute approximate surface area is 92.6 Å². The van der Waals surface area contributed by atoms with Gasteiger partial charge in [-0.2, -0.15) is 0 Å². The standard InChI is InChI=1S/C11H12N2O3/c1-7-4-5-9-8(6-7)10(12-16-9)15-11(14)13(2)3/h4-6H,1-3H3. The van der Waals surface area contributed by atoms with Gasteiger partial charge in [-0.25, -0.2) is 4.79 Å². The van der Waals surface area contributed by atoms with Gasteiger partial charge in [-0.05, 0) is 24.2 Å². The second-order valence-electron chi connectivity index (χ2n) is 3.75. The molecular formula is C11H12N2O3. The topological polar surface area (TPSA) is 55.6 Å². The first kappa shape index (κ1) is 10.5. The van der Waals surface area contributed by atoms with Crippen LogP contribution in [0.4, 0.5) is 4.79 Å². The van der Waals surface area contributed by atoms with Crippen molar-refractivity contribution < 1.29 is 14.1 Å². The van der Waals surface area contributed by atoms with Crippen LogP contribution < -0.4 is 4.74 Å². The maximum atomic E-state index is 11.4. The molecule has 0 aliphatic heterocycles. The van der Waals surface area contributed by atoms with Gasteiger partial charge in [-0.3, -0.25) is 0 Å². The van der Waals surface area contributed by atoms with Gasteiger partial charge in [0, 0.05) is 14.1 Å². The van der Waals surface area contributed by atoms with E-state index in [0.717, 1.165) is 5.56 Å². The lowest BCUT2D eigenvalue weighted by Gasteiger charge is -2.08. The molecule has 0 unspecified atom stereocenters. The number of aryl methyl sites for hydroxylation is 1. The summed E-state index contributed by atoms with van der Waals surface area (Å²) in [5.41, 5.74) is 1.66. The zero-order valence-electron chi connectivity index (χ0n) is 9.35. The second kappa shape index (κ2) is 3.84. The van der Waals surface area contributed by atoms with Gasteiger partial charge in [0.05, 0.1) is 5.39 Å². The van der Waals surface area contributed by atoms with E-state index in [2.05, 4.69) is 5.16 Å². The molecule has 1 aromatic carbocycles. The number of hydrogen-bond donors (Lipinski definition) is 0. The van der Waals surface area contributed by atoms with Crippen LogP contribution in [0.2, 0.25) is 0 Å². The van der Waals surface area contributed by atoms with Crippen LogP contribution in [0, 0.1) is 6.92 Å². The Hall–Kier alpha value is -2.04. The van der Waals surface area contributed by atoms with E-state index in [1.807, 2.05) is 19.1 Å². The molecule has 0 aliphatic rings. The average molecular weight is 220 g/mol. The van der Waals surface area contributed by atoms with Gasteiger partial charge in [0.2, 0.25) is 0 Å². The molecule has 1 heterocycles. The zero-order chi connectivity index (χ0) is 11.7. The molecule has 2 aromatic rings. The Kier molecular flexibility index (Phi) is 2.52. The van der Waals surface area contributed by atoms with Gasteiger partial charge in [0.1, 0.15) is 0 Å². The Morgan fingerprint density at radius 3 is 2.88 bits per heavy atom. The van der Waals surface area contributed by atoms with E-state index in [9.17, 15) is 4.79 Å².